The van der Waals surface area contributed by atoms with E-state index in [0.29, 0.717) is 17.6 Å². The SMILES string of the molecule is c1ccc(-c2cc(-c3cccc(-c4nc(-c5ccccc5)nc(-n5c6ccccc6c6cccc(-c7ccccc7)c65)n4)c3)c3c(c2)oc2ccccc23)cc1. The van der Waals surface area contributed by atoms with Crippen molar-refractivity contribution in [3.8, 4) is 62.1 Å². The van der Waals surface area contributed by atoms with Crippen molar-refractivity contribution in [3.63, 3.8) is 0 Å². The molecule has 0 radical (unpaired) electrons. The molecule has 5 heteroatoms. The van der Waals surface area contributed by atoms with Crippen LogP contribution in [-0.4, -0.2) is 19.5 Å². The number of hydrogen-bond donors (Lipinski definition) is 0. The second-order valence-electron chi connectivity index (χ2n) is 14.0. The highest BCUT2D eigenvalue weighted by Crippen LogP contribution is 2.42. The molecule has 0 saturated heterocycles. The first kappa shape index (κ1) is 31.9. The molecular weight excluding hydrogens is 685 g/mol. The Labute approximate surface area is 322 Å². The lowest BCUT2D eigenvalue weighted by Crippen LogP contribution is -2.07. The molecule has 3 aromatic heterocycles. The number of benzene rings is 8. The molecule has 0 saturated carbocycles. The Morgan fingerprint density at radius 1 is 0.357 bits per heavy atom. The maximum absolute atomic E-state index is 6.49. The van der Waals surface area contributed by atoms with Crippen LogP contribution in [-0.2, 0) is 0 Å². The van der Waals surface area contributed by atoms with Crippen molar-refractivity contribution >= 4 is 43.7 Å². The first-order valence-electron chi connectivity index (χ1n) is 18.8. The van der Waals surface area contributed by atoms with Crippen molar-refractivity contribution in [2.45, 2.75) is 0 Å². The Bertz CT molecular complexity index is 3240. The monoisotopic (exact) mass is 716 g/mol. The molecule has 56 heavy (non-hydrogen) atoms. The zero-order chi connectivity index (χ0) is 37.0. The number of para-hydroxylation sites is 3. The Balaban J connectivity index is 1.16. The number of hydrogen-bond acceptors (Lipinski definition) is 4. The molecule has 11 aromatic rings. The fourth-order valence-electron chi connectivity index (χ4n) is 8.09. The first-order chi connectivity index (χ1) is 27.8. The van der Waals surface area contributed by atoms with E-state index in [1.165, 1.54) is 0 Å². The summed E-state index contributed by atoms with van der Waals surface area (Å²) in [6, 6.07) is 67.4. The van der Waals surface area contributed by atoms with Crippen LogP contribution in [0.15, 0.2) is 199 Å². The molecule has 3 heterocycles. The average molecular weight is 717 g/mol. The Hall–Kier alpha value is -7.63. The van der Waals surface area contributed by atoms with Crippen molar-refractivity contribution in [3.05, 3.63) is 194 Å². The van der Waals surface area contributed by atoms with Crippen molar-refractivity contribution in [1.82, 2.24) is 19.5 Å². The second kappa shape index (κ2) is 13.0. The molecule has 8 aromatic carbocycles. The van der Waals surface area contributed by atoms with Gasteiger partial charge in [-0.15, -0.1) is 0 Å². The van der Waals surface area contributed by atoms with Crippen LogP contribution in [0.25, 0.3) is 106 Å². The van der Waals surface area contributed by atoms with E-state index in [9.17, 15) is 0 Å². The molecule has 0 aliphatic rings. The molecule has 0 unspecified atom stereocenters. The molecule has 0 spiro atoms. The molecular formula is C51H32N4O. The molecule has 11 rings (SSSR count). The van der Waals surface area contributed by atoms with Crippen LogP contribution in [0, 0.1) is 0 Å². The zero-order valence-electron chi connectivity index (χ0n) is 30.2. The number of nitrogens with zero attached hydrogens (tertiary/aromatic N) is 4. The maximum Gasteiger partial charge on any atom is 0.238 e. The van der Waals surface area contributed by atoms with Crippen LogP contribution in [0.3, 0.4) is 0 Å². The van der Waals surface area contributed by atoms with Gasteiger partial charge in [0.05, 0.1) is 11.0 Å². The van der Waals surface area contributed by atoms with Gasteiger partial charge in [0, 0.05) is 38.2 Å². The summed E-state index contributed by atoms with van der Waals surface area (Å²) in [5.74, 6) is 1.75. The Kier molecular flexibility index (Phi) is 7.42. The average Bonchev–Trinajstić information content (AvgIpc) is 3.83. The summed E-state index contributed by atoms with van der Waals surface area (Å²) in [6.45, 7) is 0. The van der Waals surface area contributed by atoms with E-state index in [1.807, 2.05) is 36.4 Å². The van der Waals surface area contributed by atoms with Crippen LogP contribution in [0.1, 0.15) is 0 Å². The molecule has 5 nitrogen and oxygen atoms in total. The van der Waals surface area contributed by atoms with Crippen LogP contribution < -0.4 is 0 Å². The number of furan rings is 1. The number of rotatable bonds is 6. The predicted octanol–water partition coefficient (Wildman–Crippen LogP) is 13.2. The zero-order valence-corrected chi connectivity index (χ0v) is 30.2. The van der Waals surface area contributed by atoms with Gasteiger partial charge in [0.1, 0.15) is 11.2 Å². The third kappa shape index (κ3) is 5.29. The van der Waals surface area contributed by atoms with E-state index in [1.54, 1.807) is 0 Å². The maximum atomic E-state index is 6.49. The Morgan fingerprint density at radius 2 is 0.946 bits per heavy atom. The summed E-state index contributed by atoms with van der Waals surface area (Å²) >= 11 is 0. The highest BCUT2D eigenvalue weighted by Gasteiger charge is 2.21. The van der Waals surface area contributed by atoms with E-state index in [2.05, 4.69) is 162 Å². The van der Waals surface area contributed by atoms with E-state index in [0.717, 1.165) is 88.3 Å². The van der Waals surface area contributed by atoms with E-state index >= 15 is 0 Å². The van der Waals surface area contributed by atoms with Crippen molar-refractivity contribution < 1.29 is 4.42 Å². The molecule has 0 fully saturated rings. The minimum absolute atomic E-state index is 0.558. The number of fused-ring (bicyclic) bond motifs is 6. The molecule has 0 amide bonds. The van der Waals surface area contributed by atoms with Crippen molar-refractivity contribution in [1.29, 1.82) is 0 Å². The van der Waals surface area contributed by atoms with Gasteiger partial charge >= 0.3 is 0 Å². The van der Waals surface area contributed by atoms with E-state index < -0.39 is 0 Å². The second-order valence-corrected chi connectivity index (χ2v) is 14.0. The summed E-state index contributed by atoms with van der Waals surface area (Å²) in [4.78, 5) is 15.7. The fourth-order valence-corrected chi connectivity index (χ4v) is 8.09. The lowest BCUT2D eigenvalue weighted by Gasteiger charge is -2.14. The number of aromatic nitrogens is 4. The van der Waals surface area contributed by atoms with Crippen molar-refractivity contribution in [2.75, 3.05) is 0 Å². The standard InChI is InChI=1S/C51H32N4O/c1-4-16-33(17-5-1)38-31-43(47-42-25-11-13-29-45(42)56-46(47)32-38)36-22-14-23-37(30-36)50-52-49(35-20-8-3-9-21-35)53-51(54-50)55-44-28-12-10-24-40(44)41-27-15-26-39(48(41)55)34-18-6-2-7-19-34/h1-32H. The highest BCUT2D eigenvalue weighted by molar-refractivity contribution is 6.15. The first-order valence-corrected chi connectivity index (χ1v) is 18.8. The molecule has 0 atom stereocenters. The molecule has 262 valence electrons. The summed E-state index contributed by atoms with van der Waals surface area (Å²) in [6.07, 6.45) is 0. The van der Waals surface area contributed by atoms with E-state index in [-0.39, 0.29) is 0 Å². The summed E-state index contributed by atoms with van der Waals surface area (Å²) in [7, 11) is 0. The van der Waals surface area contributed by atoms with Gasteiger partial charge in [0.25, 0.3) is 0 Å². The van der Waals surface area contributed by atoms with Gasteiger partial charge in [0.2, 0.25) is 5.95 Å². The molecule has 0 aliphatic heterocycles. The normalized spacial score (nSPS) is 11.6. The third-order valence-corrected chi connectivity index (χ3v) is 10.7. The molecule has 0 N–H and O–H groups in total. The van der Waals surface area contributed by atoms with Gasteiger partial charge in [-0.3, -0.25) is 4.57 Å². The summed E-state index contributed by atoms with van der Waals surface area (Å²) in [5, 5.41) is 4.44. The smallest absolute Gasteiger partial charge is 0.238 e. The van der Waals surface area contributed by atoms with Crippen LogP contribution >= 0.6 is 0 Å². The molecule has 0 aliphatic carbocycles. The van der Waals surface area contributed by atoms with Gasteiger partial charge in [-0.1, -0.05) is 164 Å². The van der Waals surface area contributed by atoms with Gasteiger partial charge in [-0.2, -0.15) is 9.97 Å². The summed E-state index contributed by atoms with van der Waals surface area (Å²) < 4.78 is 8.70. The van der Waals surface area contributed by atoms with Gasteiger partial charge in [0.15, 0.2) is 11.6 Å². The van der Waals surface area contributed by atoms with Crippen LogP contribution in [0.4, 0.5) is 0 Å². The van der Waals surface area contributed by atoms with Crippen LogP contribution in [0.2, 0.25) is 0 Å². The fraction of sp³-hybridized carbons (Fsp3) is 0. The van der Waals surface area contributed by atoms with Gasteiger partial charge in [-0.25, -0.2) is 4.98 Å². The lowest BCUT2D eigenvalue weighted by molar-refractivity contribution is 0.669. The van der Waals surface area contributed by atoms with E-state index in [4.69, 9.17) is 19.4 Å². The van der Waals surface area contributed by atoms with Crippen LogP contribution in [0.5, 0.6) is 0 Å². The van der Waals surface area contributed by atoms with Gasteiger partial charge in [-0.05, 0) is 58.1 Å². The molecule has 0 bridgehead atoms. The quantitative estimate of drug-likeness (QED) is 0.172. The lowest BCUT2D eigenvalue weighted by atomic mass is 9.93. The highest BCUT2D eigenvalue weighted by atomic mass is 16.3. The minimum Gasteiger partial charge on any atom is -0.456 e. The topological polar surface area (TPSA) is 56.7 Å². The third-order valence-electron chi connectivity index (χ3n) is 10.7. The Morgan fingerprint density at radius 3 is 1.73 bits per heavy atom. The van der Waals surface area contributed by atoms with Gasteiger partial charge < -0.3 is 4.42 Å². The summed E-state index contributed by atoms with van der Waals surface area (Å²) in [5.41, 5.74) is 12.2. The largest absolute Gasteiger partial charge is 0.456 e. The van der Waals surface area contributed by atoms with Crippen molar-refractivity contribution in [2.24, 2.45) is 0 Å². The minimum atomic E-state index is 0.558. The predicted molar refractivity (Wildman–Crippen MR) is 229 cm³/mol.